The van der Waals surface area contributed by atoms with Gasteiger partial charge in [0.2, 0.25) is 11.8 Å². The van der Waals surface area contributed by atoms with E-state index in [2.05, 4.69) is 21.2 Å². The number of carbonyl (C=O) groups is 2. The third-order valence-electron chi connectivity index (χ3n) is 3.78. The maximum atomic E-state index is 12.1. The Labute approximate surface area is 132 Å². The second-order valence-corrected chi connectivity index (χ2v) is 6.02. The Hall–Kier alpha value is -1.40. The van der Waals surface area contributed by atoms with Gasteiger partial charge in [0.15, 0.2) is 0 Å². The van der Waals surface area contributed by atoms with Crippen LogP contribution >= 0.6 is 15.9 Å². The first-order chi connectivity index (χ1) is 9.93. The molecule has 0 radical (unpaired) electrons. The Morgan fingerprint density at radius 1 is 1.43 bits per heavy atom. The first-order valence-corrected chi connectivity index (χ1v) is 7.63. The van der Waals surface area contributed by atoms with Gasteiger partial charge in [0, 0.05) is 19.5 Å². The molecular formula is C15H19BrN2O3. The molecule has 5 nitrogen and oxygen atoms in total. The molecule has 1 aliphatic rings. The molecule has 21 heavy (non-hydrogen) atoms. The third kappa shape index (κ3) is 3.44. The van der Waals surface area contributed by atoms with E-state index in [-0.39, 0.29) is 23.9 Å². The summed E-state index contributed by atoms with van der Waals surface area (Å²) in [5, 5.41) is 3.30. The van der Waals surface area contributed by atoms with Gasteiger partial charge in [-0.3, -0.25) is 19.8 Å². The number of methoxy groups -OCH3 is 1. The lowest BCUT2D eigenvalue weighted by atomic mass is 10.0. The minimum absolute atomic E-state index is 0.00255. The van der Waals surface area contributed by atoms with Gasteiger partial charge in [-0.15, -0.1) is 0 Å². The van der Waals surface area contributed by atoms with Gasteiger partial charge in [0.1, 0.15) is 5.75 Å². The molecule has 114 valence electrons. The summed E-state index contributed by atoms with van der Waals surface area (Å²) in [4.78, 5) is 24.8. The molecule has 1 N–H and O–H groups in total. The number of halogens is 1. The van der Waals surface area contributed by atoms with Crippen molar-refractivity contribution < 1.29 is 14.3 Å². The van der Waals surface area contributed by atoms with Gasteiger partial charge in [-0.2, -0.15) is 0 Å². The minimum Gasteiger partial charge on any atom is -0.496 e. The second kappa shape index (κ2) is 6.58. The van der Waals surface area contributed by atoms with Crippen LogP contribution in [0.2, 0.25) is 0 Å². The lowest BCUT2D eigenvalue weighted by molar-refractivity contribution is -0.148. The Morgan fingerprint density at radius 3 is 2.76 bits per heavy atom. The number of likely N-dealkylation sites (N-methyl/N-ethyl adjacent to an activating group) is 1. The number of hydrogen-bond acceptors (Lipinski definition) is 4. The van der Waals surface area contributed by atoms with Crippen LogP contribution in [0.5, 0.6) is 5.75 Å². The number of amides is 2. The summed E-state index contributed by atoms with van der Waals surface area (Å²) in [6, 6.07) is 5.50. The van der Waals surface area contributed by atoms with Gasteiger partial charge in [-0.05, 0) is 47.0 Å². The van der Waals surface area contributed by atoms with Crippen LogP contribution in [0.4, 0.5) is 0 Å². The highest BCUT2D eigenvalue weighted by molar-refractivity contribution is 9.10. The number of rotatable bonds is 4. The topological polar surface area (TPSA) is 58.6 Å². The third-order valence-corrected chi connectivity index (χ3v) is 4.40. The van der Waals surface area contributed by atoms with E-state index in [4.69, 9.17) is 4.74 Å². The van der Waals surface area contributed by atoms with E-state index < -0.39 is 0 Å². The van der Waals surface area contributed by atoms with Crippen LogP contribution in [0.25, 0.3) is 0 Å². The standard InChI is InChI=1S/C15H19BrN2O3/c1-9(10-4-6-13(21-3)11(16)8-10)17-12-5-7-14(19)18(2)15(12)20/h4,6,8-9,12,17H,5,7H2,1-3H3. The van der Waals surface area contributed by atoms with Crippen LogP contribution in [-0.4, -0.2) is 36.9 Å². The molecule has 1 aliphatic heterocycles. The average Bonchev–Trinajstić information content (AvgIpc) is 2.47. The van der Waals surface area contributed by atoms with E-state index in [0.717, 1.165) is 15.8 Å². The summed E-state index contributed by atoms with van der Waals surface area (Å²) in [5.74, 6) is 0.494. The lowest BCUT2D eigenvalue weighted by Gasteiger charge is -2.30. The molecule has 1 aromatic carbocycles. The predicted molar refractivity (Wildman–Crippen MR) is 83.0 cm³/mol. The van der Waals surface area contributed by atoms with Crippen LogP contribution < -0.4 is 10.1 Å². The minimum atomic E-state index is -0.316. The van der Waals surface area contributed by atoms with E-state index >= 15 is 0 Å². The van der Waals surface area contributed by atoms with Crippen LogP contribution in [0.15, 0.2) is 22.7 Å². The summed E-state index contributed by atoms with van der Waals surface area (Å²) in [6.07, 6.45) is 0.947. The quantitative estimate of drug-likeness (QED) is 0.842. The number of hydrogen-bond donors (Lipinski definition) is 1. The molecule has 0 aliphatic carbocycles. The SMILES string of the molecule is COc1ccc(C(C)NC2CCC(=O)N(C)C2=O)cc1Br. The summed E-state index contributed by atoms with van der Waals surface area (Å²) in [7, 11) is 3.15. The van der Waals surface area contributed by atoms with Gasteiger partial charge < -0.3 is 4.74 Å². The number of piperidine rings is 1. The molecule has 6 heteroatoms. The average molecular weight is 355 g/mol. The maximum absolute atomic E-state index is 12.1. The number of benzene rings is 1. The second-order valence-electron chi connectivity index (χ2n) is 5.16. The van der Waals surface area contributed by atoms with E-state index in [1.54, 1.807) is 7.11 Å². The van der Waals surface area contributed by atoms with Crippen LogP contribution in [0.3, 0.4) is 0 Å². The summed E-state index contributed by atoms with van der Waals surface area (Å²) < 4.78 is 6.08. The lowest BCUT2D eigenvalue weighted by Crippen LogP contribution is -2.51. The van der Waals surface area contributed by atoms with E-state index in [0.29, 0.717) is 12.8 Å². The molecule has 0 saturated carbocycles. The number of likely N-dealkylation sites (tertiary alicyclic amines) is 1. The zero-order valence-electron chi connectivity index (χ0n) is 12.4. The van der Waals surface area contributed by atoms with Crippen molar-refractivity contribution in [1.29, 1.82) is 0 Å². The van der Waals surface area contributed by atoms with E-state index in [1.165, 1.54) is 11.9 Å². The fourth-order valence-corrected chi connectivity index (χ4v) is 2.98. The van der Waals surface area contributed by atoms with Crippen molar-refractivity contribution in [3.8, 4) is 5.75 Å². The largest absolute Gasteiger partial charge is 0.496 e. The van der Waals surface area contributed by atoms with Gasteiger partial charge >= 0.3 is 0 Å². The number of ether oxygens (including phenoxy) is 1. The Morgan fingerprint density at radius 2 is 2.14 bits per heavy atom. The fraction of sp³-hybridized carbons (Fsp3) is 0.467. The zero-order chi connectivity index (χ0) is 15.6. The normalized spacial score (nSPS) is 20.6. The summed E-state index contributed by atoms with van der Waals surface area (Å²) >= 11 is 3.46. The van der Waals surface area contributed by atoms with Gasteiger partial charge in [0.05, 0.1) is 17.6 Å². The summed E-state index contributed by atoms with van der Waals surface area (Å²) in [6.45, 7) is 2.00. The number of imide groups is 1. The molecule has 1 fully saturated rings. The first-order valence-electron chi connectivity index (χ1n) is 6.84. The maximum Gasteiger partial charge on any atom is 0.246 e. The fourth-order valence-electron chi connectivity index (χ4n) is 2.42. The van der Waals surface area contributed by atoms with Crippen LogP contribution in [0, 0.1) is 0 Å². The molecular weight excluding hydrogens is 336 g/mol. The van der Waals surface area contributed by atoms with Crippen molar-refractivity contribution in [2.24, 2.45) is 0 Å². The number of nitrogens with zero attached hydrogens (tertiary/aromatic N) is 1. The molecule has 2 rings (SSSR count). The first kappa shape index (κ1) is 16.0. The number of nitrogens with one attached hydrogen (secondary N) is 1. The van der Waals surface area contributed by atoms with Crippen molar-refractivity contribution in [3.05, 3.63) is 28.2 Å². The highest BCUT2D eigenvalue weighted by Crippen LogP contribution is 2.28. The van der Waals surface area contributed by atoms with Crippen molar-refractivity contribution in [3.63, 3.8) is 0 Å². The zero-order valence-corrected chi connectivity index (χ0v) is 13.9. The molecule has 0 bridgehead atoms. The molecule has 1 aromatic rings. The predicted octanol–water partition coefficient (Wildman–Crippen LogP) is 2.26. The molecule has 2 amide bonds. The van der Waals surface area contributed by atoms with Crippen molar-refractivity contribution >= 4 is 27.7 Å². The molecule has 1 saturated heterocycles. The van der Waals surface area contributed by atoms with Gasteiger partial charge in [-0.1, -0.05) is 6.07 Å². The van der Waals surface area contributed by atoms with Crippen molar-refractivity contribution in [2.75, 3.05) is 14.2 Å². The molecule has 2 unspecified atom stereocenters. The molecule has 0 spiro atoms. The summed E-state index contributed by atoms with van der Waals surface area (Å²) in [5.41, 5.74) is 1.05. The van der Waals surface area contributed by atoms with E-state index in [9.17, 15) is 9.59 Å². The number of carbonyl (C=O) groups excluding carboxylic acids is 2. The van der Waals surface area contributed by atoms with Crippen LogP contribution in [0.1, 0.15) is 31.4 Å². The Balaban J connectivity index is 2.07. The van der Waals surface area contributed by atoms with Crippen LogP contribution in [-0.2, 0) is 9.59 Å². The Bertz CT molecular complexity index is 562. The highest BCUT2D eigenvalue weighted by Gasteiger charge is 2.32. The molecule has 1 heterocycles. The van der Waals surface area contributed by atoms with E-state index in [1.807, 2.05) is 25.1 Å². The Kier molecular flexibility index (Phi) is 5.00. The monoisotopic (exact) mass is 354 g/mol. The smallest absolute Gasteiger partial charge is 0.246 e. The van der Waals surface area contributed by atoms with Crippen molar-refractivity contribution in [1.82, 2.24) is 10.2 Å². The van der Waals surface area contributed by atoms with Gasteiger partial charge in [0.25, 0.3) is 0 Å². The van der Waals surface area contributed by atoms with Crippen molar-refractivity contribution in [2.45, 2.75) is 31.8 Å². The van der Waals surface area contributed by atoms with Gasteiger partial charge in [-0.25, -0.2) is 0 Å². The molecule has 2 atom stereocenters. The molecule has 0 aromatic heterocycles. The highest BCUT2D eigenvalue weighted by atomic mass is 79.9.